The Balaban J connectivity index is 2.23. The lowest BCUT2D eigenvalue weighted by Gasteiger charge is -2.06. The quantitative estimate of drug-likeness (QED) is 0.804. The van der Waals surface area contributed by atoms with Gasteiger partial charge in [-0.1, -0.05) is 12.1 Å². The van der Waals surface area contributed by atoms with Gasteiger partial charge in [-0.2, -0.15) is 0 Å². The third kappa shape index (κ3) is 6.06. The molecular formula is C12H16O4S. The van der Waals surface area contributed by atoms with Gasteiger partial charge >= 0.3 is 5.97 Å². The molecule has 4 nitrogen and oxygen atoms in total. The van der Waals surface area contributed by atoms with Crippen LogP contribution in [0, 0.1) is 6.92 Å². The van der Waals surface area contributed by atoms with E-state index >= 15 is 0 Å². The molecular weight excluding hydrogens is 240 g/mol. The lowest BCUT2D eigenvalue weighted by molar-refractivity contribution is -0.136. The Morgan fingerprint density at radius 3 is 2.82 bits per heavy atom. The van der Waals surface area contributed by atoms with Crippen molar-refractivity contribution < 1.29 is 18.8 Å². The minimum absolute atomic E-state index is 0.0585. The highest BCUT2D eigenvalue weighted by Crippen LogP contribution is 2.11. The molecule has 0 aliphatic rings. The van der Waals surface area contributed by atoms with E-state index in [1.807, 2.05) is 31.2 Å². The number of hydrogen-bond donors (Lipinski definition) is 1. The maximum absolute atomic E-state index is 11.4. The van der Waals surface area contributed by atoms with Crippen molar-refractivity contribution in [3.63, 3.8) is 0 Å². The summed E-state index contributed by atoms with van der Waals surface area (Å²) in [5.41, 5.74) is 1.11. The van der Waals surface area contributed by atoms with E-state index in [0.717, 1.165) is 11.3 Å². The summed E-state index contributed by atoms with van der Waals surface area (Å²) in [6.07, 6.45) is -0.0585. The molecule has 1 rings (SSSR count). The zero-order valence-electron chi connectivity index (χ0n) is 9.72. The van der Waals surface area contributed by atoms with Crippen LogP contribution in [0.1, 0.15) is 12.0 Å². The van der Waals surface area contributed by atoms with Gasteiger partial charge in [-0.15, -0.1) is 0 Å². The predicted octanol–water partition coefficient (Wildman–Crippen LogP) is 1.60. The van der Waals surface area contributed by atoms with Gasteiger partial charge in [-0.3, -0.25) is 9.00 Å². The summed E-state index contributed by atoms with van der Waals surface area (Å²) in [5, 5.41) is 8.43. The first-order chi connectivity index (χ1) is 8.08. The molecule has 1 unspecified atom stereocenters. The van der Waals surface area contributed by atoms with Crippen LogP contribution in [-0.4, -0.2) is 33.4 Å². The second-order valence-electron chi connectivity index (χ2n) is 3.66. The summed E-state index contributed by atoms with van der Waals surface area (Å²) in [6, 6.07) is 7.61. The third-order valence-corrected chi connectivity index (χ3v) is 3.39. The lowest BCUT2D eigenvalue weighted by Crippen LogP contribution is -2.13. The molecule has 0 amide bonds. The van der Waals surface area contributed by atoms with Crippen LogP contribution in [0.4, 0.5) is 0 Å². The van der Waals surface area contributed by atoms with Crippen molar-refractivity contribution in [2.24, 2.45) is 0 Å². The van der Waals surface area contributed by atoms with Crippen LogP contribution in [0.2, 0.25) is 0 Å². The van der Waals surface area contributed by atoms with Crippen molar-refractivity contribution in [3.05, 3.63) is 29.8 Å². The van der Waals surface area contributed by atoms with E-state index in [1.54, 1.807) is 0 Å². The number of carboxylic acids is 1. The normalized spacial score (nSPS) is 12.1. The highest BCUT2D eigenvalue weighted by Gasteiger charge is 2.04. The van der Waals surface area contributed by atoms with E-state index in [0.29, 0.717) is 12.4 Å². The second kappa shape index (κ2) is 7.06. The molecule has 0 aliphatic heterocycles. The average molecular weight is 256 g/mol. The van der Waals surface area contributed by atoms with Gasteiger partial charge in [0.2, 0.25) is 0 Å². The van der Waals surface area contributed by atoms with Gasteiger partial charge in [0.25, 0.3) is 0 Å². The first kappa shape index (κ1) is 13.7. The van der Waals surface area contributed by atoms with Gasteiger partial charge in [0.05, 0.1) is 18.8 Å². The number of carboxylic acid groups (broad SMARTS) is 1. The molecule has 1 aromatic carbocycles. The molecule has 17 heavy (non-hydrogen) atoms. The molecule has 1 aromatic rings. The Labute approximate surface area is 103 Å². The first-order valence-electron chi connectivity index (χ1n) is 5.34. The summed E-state index contributed by atoms with van der Waals surface area (Å²) in [7, 11) is -1.13. The molecule has 1 N–H and O–H groups in total. The summed E-state index contributed by atoms with van der Waals surface area (Å²) in [4.78, 5) is 10.3. The van der Waals surface area contributed by atoms with Crippen LogP contribution >= 0.6 is 0 Å². The van der Waals surface area contributed by atoms with Crippen LogP contribution in [0.25, 0.3) is 0 Å². The van der Waals surface area contributed by atoms with Gasteiger partial charge < -0.3 is 9.84 Å². The van der Waals surface area contributed by atoms with Gasteiger partial charge in [-0.25, -0.2) is 0 Å². The van der Waals surface area contributed by atoms with Crippen molar-refractivity contribution in [1.29, 1.82) is 0 Å². The molecule has 0 saturated heterocycles. The largest absolute Gasteiger partial charge is 0.493 e. The fourth-order valence-electron chi connectivity index (χ4n) is 1.26. The fraction of sp³-hybridized carbons (Fsp3) is 0.417. The summed E-state index contributed by atoms with van der Waals surface area (Å²) in [5.74, 6) is 0.381. The topological polar surface area (TPSA) is 63.6 Å². The SMILES string of the molecule is Cc1cccc(OCCS(=O)CCC(=O)O)c1. The molecule has 0 spiro atoms. The number of aryl methyl sites for hydroxylation is 1. The third-order valence-electron chi connectivity index (χ3n) is 2.11. The lowest BCUT2D eigenvalue weighted by atomic mass is 10.2. The van der Waals surface area contributed by atoms with E-state index in [4.69, 9.17) is 9.84 Å². The Morgan fingerprint density at radius 2 is 2.18 bits per heavy atom. The average Bonchev–Trinajstić information content (AvgIpc) is 2.26. The maximum atomic E-state index is 11.4. The molecule has 0 aliphatic carbocycles. The maximum Gasteiger partial charge on any atom is 0.304 e. The minimum Gasteiger partial charge on any atom is -0.493 e. The Hall–Kier alpha value is -1.36. The smallest absolute Gasteiger partial charge is 0.304 e. The Morgan fingerprint density at radius 1 is 1.41 bits per heavy atom. The summed E-state index contributed by atoms with van der Waals surface area (Å²) >= 11 is 0. The molecule has 0 bridgehead atoms. The second-order valence-corrected chi connectivity index (χ2v) is 5.35. The van der Waals surface area contributed by atoms with Gasteiger partial charge in [0.1, 0.15) is 5.75 Å². The van der Waals surface area contributed by atoms with Crippen LogP contribution in [0.15, 0.2) is 24.3 Å². The zero-order valence-corrected chi connectivity index (χ0v) is 10.5. The molecule has 0 saturated carbocycles. The Bertz CT molecular complexity index is 403. The highest BCUT2D eigenvalue weighted by atomic mass is 32.2. The van der Waals surface area contributed by atoms with Crippen molar-refractivity contribution in [3.8, 4) is 5.75 Å². The van der Waals surface area contributed by atoms with Gasteiger partial charge in [-0.05, 0) is 24.6 Å². The van der Waals surface area contributed by atoms with E-state index in [-0.39, 0.29) is 12.2 Å². The number of benzene rings is 1. The molecule has 0 fully saturated rings. The summed E-state index contributed by atoms with van der Waals surface area (Å²) in [6.45, 7) is 2.31. The predicted molar refractivity (Wildman–Crippen MR) is 66.8 cm³/mol. The van der Waals surface area contributed by atoms with Crippen molar-refractivity contribution >= 4 is 16.8 Å². The van der Waals surface area contributed by atoms with Crippen LogP contribution in [-0.2, 0) is 15.6 Å². The van der Waals surface area contributed by atoms with E-state index in [2.05, 4.69) is 0 Å². The molecule has 1 atom stereocenters. The standard InChI is InChI=1S/C12H16O4S/c1-10-3-2-4-11(9-10)16-6-8-17(15)7-5-12(13)14/h2-4,9H,5-8H2,1H3,(H,13,14). The number of carbonyl (C=O) groups is 1. The van der Waals surface area contributed by atoms with Crippen LogP contribution < -0.4 is 4.74 Å². The molecule has 0 radical (unpaired) electrons. The molecule has 5 heteroatoms. The minimum atomic E-state index is -1.13. The number of aliphatic carboxylic acids is 1. The van der Waals surface area contributed by atoms with Crippen molar-refractivity contribution in [2.75, 3.05) is 18.1 Å². The fourth-order valence-corrected chi connectivity index (χ4v) is 2.14. The van der Waals surface area contributed by atoms with Crippen molar-refractivity contribution in [2.45, 2.75) is 13.3 Å². The van der Waals surface area contributed by atoms with Crippen LogP contribution in [0.3, 0.4) is 0 Å². The monoisotopic (exact) mass is 256 g/mol. The highest BCUT2D eigenvalue weighted by molar-refractivity contribution is 7.85. The number of rotatable bonds is 7. The first-order valence-corrected chi connectivity index (χ1v) is 6.83. The van der Waals surface area contributed by atoms with Crippen molar-refractivity contribution in [1.82, 2.24) is 0 Å². The molecule has 0 heterocycles. The zero-order chi connectivity index (χ0) is 12.7. The van der Waals surface area contributed by atoms with E-state index in [9.17, 15) is 9.00 Å². The molecule has 94 valence electrons. The van der Waals surface area contributed by atoms with Gasteiger partial charge in [0.15, 0.2) is 0 Å². The van der Waals surface area contributed by atoms with E-state index < -0.39 is 16.8 Å². The Kier molecular flexibility index (Phi) is 5.69. The van der Waals surface area contributed by atoms with E-state index in [1.165, 1.54) is 0 Å². The van der Waals surface area contributed by atoms with Crippen LogP contribution in [0.5, 0.6) is 5.75 Å². The number of ether oxygens (including phenoxy) is 1. The number of hydrogen-bond acceptors (Lipinski definition) is 3. The summed E-state index contributed by atoms with van der Waals surface area (Å²) < 4.78 is 16.8. The molecule has 0 aromatic heterocycles. The van der Waals surface area contributed by atoms with Gasteiger partial charge in [0, 0.05) is 16.6 Å².